The van der Waals surface area contributed by atoms with Gasteiger partial charge in [-0.1, -0.05) is 33.6 Å². The molecular formula is C12H23F2N. The minimum absolute atomic E-state index is 0.451. The average molecular weight is 219 g/mol. The van der Waals surface area contributed by atoms with Crippen LogP contribution < -0.4 is 5.32 Å². The summed E-state index contributed by atoms with van der Waals surface area (Å²) in [5.41, 5.74) is -0.901. The van der Waals surface area contributed by atoms with Crippen LogP contribution in [0.25, 0.3) is 0 Å². The fourth-order valence-corrected chi connectivity index (χ4v) is 2.71. The van der Waals surface area contributed by atoms with Crippen LogP contribution in [0.2, 0.25) is 0 Å². The van der Waals surface area contributed by atoms with Crippen LogP contribution in [0.1, 0.15) is 46.5 Å². The van der Waals surface area contributed by atoms with Crippen LogP contribution in [0.3, 0.4) is 0 Å². The molecule has 90 valence electrons. The van der Waals surface area contributed by atoms with Crippen molar-refractivity contribution in [3.8, 4) is 0 Å². The Balaban J connectivity index is 2.71. The Hall–Kier alpha value is -0.180. The van der Waals surface area contributed by atoms with Crippen molar-refractivity contribution >= 4 is 0 Å². The minimum atomic E-state index is -2.24. The Morgan fingerprint density at radius 2 is 2.07 bits per heavy atom. The van der Waals surface area contributed by atoms with E-state index < -0.39 is 12.0 Å². The molecule has 1 rings (SSSR count). The van der Waals surface area contributed by atoms with Crippen molar-refractivity contribution in [3.05, 3.63) is 0 Å². The summed E-state index contributed by atoms with van der Waals surface area (Å²) in [4.78, 5) is 0. The van der Waals surface area contributed by atoms with Crippen LogP contribution in [-0.4, -0.2) is 18.5 Å². The molecule has 3 heteroatoms. The largest absolute Gasteiger partial charge is 0.307 e. The highest BCUT2D eigenvalue weighted by molar-refractivity contribution is 4.96. The van der Waals surface area contributed by atoms with Gasteiger partial charge in [0.2, 0.25) is 0 Å². The van der Waals surface area contributed by atoms with Gasteiger partial charge in [-0.2, -0.15) is 0 Å². The second-order valence-electron chi connectivity index (χ2n) is 5.09. The molecule has 0 aliphatic heterocycles. The second-order valence-corrected chi connectivity index (χ2v) is 5.09. The van der Waals surface area contributed by atoms with Gasteiger partial charge in [-0.25, -0.2) is 8.78 Å². The van der Waals surface area contributed by atoms with Crippen molar-refractivity contribution < 1.29 is 8.78 Å². The summed E-state index contributed by atoms with van der Waals surface area (Å²) in [5, 5.41) is 3.03. The molecule has 15 heavy (non-hydrogen) atoms. The van der Waals surface area contributed by atoms with Crippen LogP contribution in [0, 0.1) is 11.8 Å². The third-order valence-electron chi connectivity index (χ3n) is 3.71. The standard InChI is InChI=1S/C12H23F2N/c1-4-15-12(11(13)14)7-5-6-10(8-12)9(2)3/h9-11,15H,4-8H2,1-3H3. The van der Waals surface area contributed by atoms with Crippen molar-refractivity contribution in [3.63, 3.8) is 0 Å². The SMILES string of the molecule is CCNC1(C(F)F)CCCC(C(C)C)C1. The molecule has 0 radical (unpaired) electrons. The van der Waals surface area contributed by atoms with Crippen molar-refractivity contribution in [2.24, 2.45) is 11.8 Å². The van der Waals surface area contributed by atoms with E-state index in [2.05, 4.69) is 19.2 Å². The van der Waals surface area contributed by atoms with Crippen LogP contribution in [0.4, 0.5) is 8.78 Å². The third kappa shape index (κ3) is 2.90. The van der Waals surface area contributed by atoms with Crippen molar-refractivity contribution in [1.82, 2.24) is 5.32 Å². The van der Waals surface area contributed by atoms with E-state index in [1.807, 2.05) is 6.92 Å². The maximum atomic E-state index is 13.1. The summed E-state index contributed by atoms with van der Waals surface area (Å²) in [5.74, 6) is 0.967. The number of hydrogen-bond acceptors (Lipinski definition) is 1. The van der Waals surface area contributed by atoms with Crippen molar-refractivity contribution in [1.29, 1.82) is 0 Å². The molecule has 0 saturated heterocycles. The van der Waals surface area contributed by atoms with E-state index in [1.165, 1.54) is 0 Å². The molecule has 0 bridgehead atoms. The molecule has 1 aliphatic rings. The number of nitrogens with one attached hydrogen (secondary N) is 1. The van der Waals surface area contributed by atoms with E-state index in [4.69, 9.17) is 0 Å². The predicted octanol–water partition coefficient (Wildman–Crippen LogP) is 3.45. The molecule has 0 heterocycles. The Labute approximate surface area is 91.6 Å². The van der Waals surface area contributed by atoms with Gasteiger partial charge >= 0.3 is 0 Å². The highest BCUT2D eigenvalue weighted by atomic mass is 19.3. The van der Waals surface area contributed by atoms with E-state index in [0.717, 1.165) is 12.8 Å². The summed E-state index contributed by atoms with van der Waals surface area (Å²) in [6.45, 7) is 6.81. The first-order valence-electron chi connectivity index (χ1n) is 6.05. The van der Waals surface area contributed by atoms with Crippen LogP contribution >= 0.6 is 0 Å². The first kappa shape index (κ1) is 12.9. The van der Waals surface area contributed by atoms with Gasteiger partial charge in [-0.15, -0.1) is 0 Å². The first-order valence-corrected chi connectivity index (χ1v) is 6.05. The predicted molar refractivity (Wildman–Crippen MR) is 59.2 cm³/mol. The highest BCUT2D eigenvalue weighted by Crippen LogP contribution is 2.39. The van der Waals surface area contributed by atoms with E-state index in [1.54, 1.807) is 0 Å². The lowest BCUT2D eigenvalue weighted by molar-refractivity contribution is -0.0122. The molecule has 1 N–H and O–H groups in total. The topological polar surface area (TPSA) is 12.0 Å². The van der Waals surface area contributed by atoms with Gasteiger partial charge in [0.1, 0.15) is 0 Å². The molecule has 0 aromatic rings. The molecule has 0 aromatic carbocycles. The molecule has 0 amide bonds. The Kier molecular flexibility index (Phi) is 4.50. The summed E-state index contributed by atoms with van der Waals surface area (Å²) in [7, 11) is 0. The van der Waals surface area contributed by atoms with E-state index >= 15 is 0 Å². The van der Waals surface area contributed by atoms with Crippen molar-refractivity contribution in [2.75, 3.05) is 6.54 Å². The zero-order chi connectivity index (χ0) is 11.5. The molecule has 2 atom stereocenters. The fourth-order valence-electron chi connectivity index (χ4n) is 2.71. The van der Waals surface area contributed by atoms with Gasteiger partial charge in [0.05, 0.1) is 5.54 Å². The molecule has 0 aromatic heterocycles. The fraction of sp³-hybridized carbons (Fsp3) is 1.00. The smallest absolute Gasteiger partial charge is 0.256 e. The summed E-state index contributed by atoms with van der Waals surface area (Å²) < 4.78 is 26.3. The normalized spacial score (nSPS) is 32.6. The van der Waals surface area contributed by atoms with Gasteiger partial charge in [-0.3, -0.25) is 0 Å². The number of alkyl halides is 2. The Morgan fingerprint density at radius 3 is 2.53 bits per heavy atom. The first-order chi connectivity index (χ1) is 7.02. The molecule has 1 saturated carbocycles. The average Bonchev–Trinajstić information content (AvgIpc) is 2.18. The summed E-state index contributed by atoms with van der Waals surface area (Å²) in [6.07, 6.45) is 1.06. The van der Waals surface area contributed by atoms with Gasteiger partial charge in [-0.05, 0) is 31.2 Å². The summed E-state index contributed by atoms with van der Waals surface area (Å²) >= 11 is 0. The Morgan fingerprint density at radius 1 is 1.40 bits per heavy atom. The monoisotopic (exact) mass is 219 g/mol. The van der Waals surface area contributed by atoms with E-state index in [9.17, 15) is 8.78 Å². The number of rotatable bonds is 4. The molecule has 1 nitrogen and oxygen atoms in total. The Bertz CT molecular complexity index is 190. The number of hydrogen-bond donors (Lipinski definition) is 1. The van der Waals surface area contributed by atoms with Gasteiger partial charge in [0.15, 0.2) is 0 Å². The van der Waals surface area contributed by atoms with Crippen LogP contribution in [0.5, 0.6) is 0 Å². The maximum Gasteiger partial charge on any atom is 0.256 e. The molecule has 1 fully saturated rings. The lowest BCUT2D eigenvalue weighted by Crippen LogP contribution is -2.54. The summed E-state index contributed by atoms with van der Waals surface area (Å²) in [6, 6.07) is 0. The van der Waals surface area contributed by atoms with Crippen LogP contribution in [-0.2, 0) is 0 Å². The second kappa shape index (κ2) is 5.24. The van der Waals surface area contributed by atoms with Gasteiger partial charge < -0.3 is 5.32 Å². The quantitative estimate of drug-likeness (QED) is 0.763. The molecule has 1 aliphatic carbocycles. The third-order valence-corrected chi connectivity index (χ3v) is 3.71. The lowest BCUT2D eigenvalue weighted by atomic mass is 9.72. The molecular weight excluding hydrogens is 196 g/mol. The highest BCUT2D eigenvalue weighted by Gasteiger charge is 2.43. The molecule has 2 unspecified atom stereocenters. The van der Waals surface area contributed by atoms with Gasteiger partial charge in [0, 0.05) is 0 Å². The zero-order valence-corrected chi connectivity index (χ0v) is 10.0. The molecule has 0 spiro atoms. The van der Waals surface area contributed by atoms with Crippen LogP contribution in [0.15, 0.2) is 0 Å². The van der Waals surface area contributed by atoms with E-state index in [0.29, 0.717) is 31.2 Å². The maximum absolute atomic E-state index is 13.1. The van der Waals surface area contributed by atoms with E-state index in [-0.39, 0.29) is 0 Å². The van der Waals surface area contributed by atoms with Gasteiger partial charge in [0.25, 0.3) is 6.43 Å². The zero-order valence-electron chi connectivity index (χ0n) is 10.0. The lowest BCUT2D eigenvalue weighted by Gasteiger charge is -2.42. The van der Waals surface area contributed by atoms with Crippen molar-refractivity contribution in [2.45, 2.75) is 58.4 Å². The number of halogens is 2. The minimum Gasteiger partial charge on any atom is -0.307 e.